The van der Waals surface area contributed by atoms with Crippen molar-refractivity contribution < 1.29 is 14.4 Å². The van der Waals surface area contributed by atoms with Crippen molar-refractivity contribution in [3.63, 3.8) is 0 Å². The molecule has 0 unspecified atom stereocenters. The molecule has 1 aromatic carbocycles. The third-order valence-electron chi connectivity index (χ3n) is 3.93. The van der Waals surface area contributed by atoms with Crippen molar-refractivity contribution in [3.05, 3.63) is 42.0 Å². The van der Waals surface area contributed by atoms with E-state index in [0.29, 0.717) is 5.69 Å². The van der Waals surface area contributed by atoms with Crippen LogP contribution >= 0.6 is 0 Å². The van der Waals surface area contributed by atoms with E-state index in [0.717, 1.165) is 17.1 Å². The van der Waals surface area contributed by atoms with Gasteiger partial charge in [-0.2, -0.15) is 0 Å². The molecule has 8 nitrogen and oxygen atoms in total. The SMILES string of the molecule is Cc1ncn(-c2ccc(NC(=O)[C@@H]3CC(=O)NC(=O)N3)cc2)c1C. The van der Waals surface area contributed by atoms with Crippen LogP contribution in [0, 0.1) is 13.8 Å². The van der Waals surface area contributed by atoms with Crippen LogP contribution in [-0.2, 0) is 9.59 Å². The number of aryl methyl sites for hydroxylation is 1. The number of rotatable bonds is 3. The summed E-state index contributed by atoms with van der Waals surface area (Å²) in [6, 6.07) is 5.70. The van der Waals surface area contributed by atoms with Crippen molar-refractivity contribution in [2.45, 2.75) is 26.3 Å². The van der Waals surface area contributed by atoms with E-state index in [1.807, 2.05) is 30.5 Å². The molecule has 1 fully saturated rings. The number of aromatic nitrogens is 2. The number of amides is 4. The van der Waals surface area contributed by atoms with Crippen LogP contribution in [0.5, 0.6) is 0 Å². The Morgan fingerprint density at radius 3 is 2.54 bits per heavy atom. The third kappa shape index (κ3) is 3.12. The zero-order valence-corrected chi connectivity index (χ0v) is 13.3. The van der Waals surface area contributed by atoms with E-state index < -0.39 is 23.9 Å². The molecule has 0 saturated carbocycles. The average Bonchev–Trinajstić information content (AvgIpc) is 2.87. The number of hydrogen-bond acceptors (Lipinski definition) is 4. The van der Waals surface area contributed by atoms with E-state index >= 15 is 0 Å². The Morgan fingerprint density at radius 2 is 1.96 bits per heavy atom. The van der Waals surface area contributed by atoms with Crippen molar-refractivity contribution in [3.8, 4) is 5.69 Å². The quantitative estimate of drug-likeness (QED) is 0.783. The van der Waals surface area contributed by atoms with E-state index in [2.05, 4.69) is 20.9 Å². The number of benzene rings is 1. The Bertz CT molecular complexity index is 794. The molecule has 0 aliphatic carbocycles. The van der Waals surface area contributed by atoms with Gasteiger partial charge in [0.25, 0.3) is 0 Å². The number of anilines is 1. The lowest BCUT2D eigenvalue weighted by Gasteiger charge is -2.22. The minimum absolute atomic E-state index is 0.0802. The highest BCUT2D eigenvalue weighted by Crippen LogP contribution is 2.17. The van der Waals surface area contributed by atoms with Gasteiger partial charge in [-0.25, -0.2) is 9.78 Å². The molecule has 2 aromatic rings. The lowest BCUT2D eigenvalue weighted by Crippen LogP contribution is -2.56. The van der Waals surface area contributed by atoms with Gasteiger partial charge in [0.05, 0.1) is 18.4 Å². The van der Waals surface area contributed by atoms with Gasteiger partial charge in [-0.3, -0.25) is 14.9 Å². The molecule has 1 atom stereocenters. The maximum atomic E-state index is 12.1. The fraction of sp³-hybridized carbons (Fsp3) is 0.250. The van der Waals surface area contributed by atoms with Crippen LogP contribution in [0.2, 0.25) is 0 Å². The van der Waals surface area contributed by atoms with Crippen LogP contribution in [0.15, 0.2) is 30.6 Å². The number of nitrogens with zero attached hydrogens (tertiary/aromatic N) is 2. The Balaban J connectivity index is 1.70. The summed E-state index contributed by atoms with van der Waals surface area (Å²) in [5.74, 6) is -0.902. The Hall–Kier alpha value is -3.16. The molecule has 0 radical (unpaired) electrons. The lowest BCUT2D eigenvalue weighted by molar-refractivity contribution is -0.126. The van der Waals surface area contributed by atoms with E-state index in [-0.39, 0.29) is 6.42 Å². The molecule has 3 N–H and O–H groups in total. The van der Waals surface area contributed by atoms with E-state index in [1.165, 1.54) is 0 Å². The highest BCUT2D eigenvalue weighted by atomic mass is 16.2. The Kier molecular flexibility index (Phi) is 4.03. The lowest BCUT2D eigenvalue weighted by atomic mass is 10.1. The number of imidazole rings is 1. The molecule has 2 heterocycles. The summed E-state index contributed by atoms with van der Waals surface area (Å²) in [5.41, 5.74) is 3.51. The third-order valence-corrected chi connectivity index (χ3v) is 3.93. The predicted molar refractivity (Wildman–Crippen MR) is 86.7 cm³/mol. The van der Waals surface area contributed by atoms with Gasteiger partial charge in [0.1, 0.15) is 6.04 Å². The van der Waals surface area contributed by atoms with Crippen molar-refractivity contribution in [1.29, 1.82) is 0 Å². The molecule has 1 aliphatic heterocycles. The first-order chi connectivity index (χ1) is 11.4. The highest BCUT2D eigenvalue weighted by Gasteiger charge is 2.29. The maximum absolute atomic E-state index is 12.1. The summed E-state index contributed by atoms with van der Waals surface area (Å²) in [6.07, 6.45) is 1.66. The van der Waals surface area contributed by atoms with Gasteiger partial charge < -0.3 is 15.2 Å². The van der Waals surface area contributed by atoms with Gasteiger partial charge in [0, 0.05) is 17.1 Å². The van der Waals surface area contributed by atoms with E-state index in [4.69, 9.17) is 0 Å². The molecule has 4 amide bonds. The molecule has 1 aromatic heterocycles. The second-order valence-corrected chi connectivity index (χ2v) is 5.60. The maximum Gasteiger partial charge on any atom is 0.322 e. The zero-order valence-electron chi connectivity index (χ0n) is 13.3. The summed E-state index contributed by atoms with van der Waals surface area (Å²) in [6.45, 7) is 3.92. The normalized spacial score (nSPS) is 17.2. The molecule has 0 spiro atoms. The summed E-state index contributed by atoms with van der Waals surface area (Å²) < 4.78 is 1.95. The fourth-order valence-electron chi connectivity index (χ4n) is 2.46. The molecule has 1 saturated heterocycles. The van der Waals surface area contributed by atoms with E-state index in [9.17, 15) is 14.4 Å². The highest BCUT2D eigenvalue weighted by molar-refractivity contribution is 6.05. The van der Waals surface area contributed by atoms with Crippen LogP contribution in [0.1, 0.15) is 17.8 Å². The molecule has 3 rings (SSSR count). The number of hydrogen-bond donors (Lipinski definition) is 3. The van der Waals surface area contributed by atoms with Crippen LogP contribution < -0.4 is 16.0 Å². The topological polar surface area (TPSA) is 105 Å². The first-order valence-corrected chi connectivity index (χ1v) is 7.46. The van der Waals surface area contributed by atoms with Crippen LogP contribution in [-0.4, -0.2) is 33.4 Å². The summed E-state index contributed by atoms with van der Waals surface area (Å²) >= 11 is 0. The monoisotopic (exact) mass is 327 g/mol. The fourth-order valence-corrected chi connectivity index (χ4v) is 2.46. The number of nitrogens with one attached hydrogen (secondary N) is 3. The largest absolute Gasteiger partial charge is 0.325 e. The summed E-state index contributed by atoms with van der Waals surface area (Å²) in [7, 11) is 0. The van der Waals surface area contributed by atoms with Gasteiger partial charge in [-0.15, -0.1) is 0 Å². The minimum atomic E-state index is -0.871. The van der Waals surface area contributed by atoms with Gasteiger partial charge in [0.15, 0.2) is 0 Å². The first-order valence-electron chi connectivity index (χ1n) is 7.46. The van der Waals surface area contributed by atoms with Crippen molar-refractivity contribution in [2.24, 2.45) is 0 Å². The van der Waals surface area contributed by atoms with Gasteiger partial charge in [0.2, 0.25) is 11.8 Å². The molecule has 24 heavy (non-hydrogen) atoms. The standard InChI is InChI=1S/C16H17N5O3/c1-9-10(2)21(8-17-9)12-5-3-11(4-6-12)18-15(23)13-7-14(22)20-16(24)19-13/h3-6,8,13H,7H2,1-2H3,(H,18,23)(H2,19,20,22,24)/t13-/m0/s1. The molecule has 1 aliphatic rings. The van der Waals surface area contributed by atoms with E-state index in [1.54, 1.807) is 18.5 Å². The Labute approximate surface area is 138 Å². The minimum Gasteiger partial charge on any atom is -0.325 e. The van der Waals surface area contributed by atoms with Gasteiger partial charge >= 0.3 is 6.03 Å². The van der Waals surface area contributed by atoms with Crippen molar-refractivity contribution in [1.82, 2.24) is 20.2 Å². The number of urea groups is 1. The number of carbonyl (C=O) groups excluding carboxylic acids is 3. The number of imide groups is 1. The Morgan fingerprint density at radius 1 is 1.25 bits per heavy atom. The second-order valence-electron chi connectivity index (χ2n) is 5.60. The van der Waals surface area contributed by atoms with Crippen LogP contribution in [0.4, 0.5) is 10.5 Å². The summed E-state index contributed by atoms with van der Waals surface area (Å²) in [4.78, 5) is 39.0. The smallest absolute Gasteiger partial charge is 0.322 e. The first kappa shape index (κ1) is 15.7. The molecule has 124 valence electrons. The number of carbonyl (C=O) groups is 3. The molecule has 0 bridgehead atoms. The van der Waals surface area contributed by atoms with Gasteiger partial charge in [-0.1, -0.05) is 0 Å². The average molecular weight is 327 g/mol. The summed E-state index contributed by atoms with van der Waals surface area (Å²) in [5, 5.41) is 7.19. The van der Waals surface area contributed by atoms with Crippen LogP contribution in [0.3, 0.4) is 0 Å². The van der Waals surface area contributed by atoms with Crippen molar-refractivity contribution >= 4 is 23.5 Å². The molecular formula is C16H17N5O3. The molecule has 8 heteroatoms. The van der Waals surface area contributed by atoms with Crippen LogP contribution in [0.25, 0.3) is 5.69 Å². The predicted octanol–water partition coefficient (Wildman–Crippen LogP) is 1.03. The molecular weight excluding hydrogens is 310 g/mol. The zero-order chi connectivity index (χ0) is 17.3. The van der Waals surface area contributed by atoms with Gasteiger partial charge in [-0.05, 0) is 38.1 Å². The second kappa shape index (κ2) is 6.15. The van der Waals surface area contributed by atoms with Crippen molar-refractivity contribution in [2.75, 3.05) is 5.32 Å².